The normalized spacial score (nSPS) is 10.1. The molecule has 0 spiro atoms. The van der Waals surface area contributed by atoms with Crippen LogP contribution in [0.25, 0.3) is 0 Å². The fraction of sp³-hybridized carbons (Fsp3) is 0.167. The highest BCUT2D eigenvalue weighted by Crippen LogP contribution is 2.28. The molecule has 0 aliphatic carbocycles. The molecular formula is C12H13N5O3. The van der Waals surface area contributed by atoms with Crippen molar-refractivity contribution < 1.29 is 9.72 Å². The van der Waals surface area contributed by atoms with Gasteiger partial charge in [0.25, 0.3) is 11.6 Å². The number of rotatable bonds is 5. The van der Waals surface area contributed by atoms with Gasteiger partial charge in [0.15, 0.2) is 0 Å². The summed E-state index contributed by atoms with van der Waals surface area (Å²) in [4.78, 5) is 22.7. The molecule has 1 aromatic carbocycles. The van der Waals surface area contributed by atoms with Gasteiger partial charge in [0, 0.05) is 18.8 Å². The minimum Gasteiger partial charge on any atom is -0.379 e. The van der Waals surface area contributed by atoms with E-state index < -0.39 is 10.8 Å². The Kier molecular flexibility index (Phi) is 3.94. The van der Waals surface area contributed by atoms with Crippen molar-refractivity contribution in [1.82, 2.24) is 10.2 Å². The van der Waals surface area contributed by atoms with Gasteiger partial charge in [-0.3, -0.25) is 20.0 Å². The predicted octanol–water partition coefficient (Wildman–Crippen LogP) is 2.00. The van der Waals surface area contributed by atoms with Crippen molar-refractivity contribution in [3.63, 3.8) is 0 Å². The highest BCUT2D eigenvalue weighted by atomic mass is 16.6. The average Bonchev–Trinajstić information content (AvgIpc) is 2.91. The highest BCUT2D eigenvalue weighted by Gasteiger charge is 2.21. The Labute approximate surface area is 114 Å². The maximum Gasteiger partial charge on any atom is 0.293 e. The van der Waals surface area contributed by atoms with Crippen LogP contribution in [-0.2, 0) is 0 Å². The first-order valence-electron chi connectivity index (χ1n) is 5.95. The molecule has 1 heterocycles. The van der Waals surface area contributed by atoms with E-state index in [1.165, 1.54) is 30.6 Å². The summed E-state index contributed by atoms with van der Waals surface area (Å²) in [6.07, 6.45) is 2.96. The van der Waals surface area contributed by atoms with E-state index in [4.69, 9.17) is 0 Å². The lowest BCUT2D eigenvalue weighted by atomic mass is 10.1. The van der Waals surface area contributed by atoms with Crippen LogP contribution in [-0.4, -0.2) is 27.6 Å². The summed E-state index contributed by atoms with van der Waals surface area (Å²) in [5.74, 6) is -0.439. The Morgan fingerprint density at radius 2 is 2.30 bits per heavy atom. The lowest BCUT2D eigenvalue weighted by Gasteiger charge is -2.10. The van der Waals surface area contributed by atoms with Gasteiger partial charge in [-0.15, -0.1) is 0 Å². The van der Waals surface area contributed by atoms with Crippen LogP contribution >= 0.6 is 0 Å². The number of aromatic amines is 1. The van der Waals surface area contributed by atoms with Gasteiger partial charge < -0.3 is 10.6 Å². The number of amides is 1. The van der Waals surface area contributed by atoms with Crippen LogP contribution in [0.2, 0.25) is 0 Å². The summed E-state index contributed by atoms with van der Waals surface area (Å²) in [6.45, 7) is 2.27. The number of aromatic nitrogens is 2. The number of anilines is 2. The summed E-state index contributed by atoms with van der Waals surface area (Å²) in [6, 6.07) is 4.36. The van der Waals surface area contributed by atoms with Crippen LogP contribution in [0.5, 0.6) is 0 Å². The number of carbonyl (C=O) groups is 1. The van der Waals surface area contributed by atoms with Crippen molar-refractivity contribution in [3.8, 4) is 0 Å². The third-order valence-electron chi connectivity index (χ3n) is 2.59. The Hall–Kier alpha value is -2.90. The molecule has 3 N–H and O–H groups in total. The van der Waals surface area contributed by atoms with Crippen molar-refractivity contribution in [2.24, 2.45) is 0 Å². The molecule has 1 aromatic heterocycles. The summed E-state index contributed by atoms with van der Waals surface area (Å²) in [7, 11) is 0. The van der Waals surface area contributed by atoms with Crippen LogP contribution in [0.4, 0.5) is 17.1 Å². The highest BCUT2D eigenvalue weighted by molar-refractivity contribution is 6.09. The zero-order valence-electron chi connectivity index (χ0n) is 10.7. The van der Waals surface area contributed by atoms with E-state index in [9.17, 15) is 14.9 Å². The van der Waals surface area contributed by atoms with Crippen molar-refractivity contribution in [3.05, 3.63) is 46.3 Å². The summed E-state index contributed by atoms with van der Waals surface area (Å²) in [5, 5.41) is 22.8. The van der Waals surface area contributed by atoms with Crippen LogP contribution in [0, 0.1) is 10.1 Å². The lowest BCUT2D eigenvalue weighted by Crippen LogP contribution is -2.15. The average molecular weight is 275 g/mol. The standard InChI is InChI=1S/C12H13N5O3/c1-2-13-11-9(4-3-5-10(11)17(19)20)12(18)16-8-6-14-15-7-8/h3-7,13H,2H2,1H3,(H,14,15)(H,16,18). The quantitative estimate of drug-likeness (QED) is 0.570. The van der Waals surface area contributed by atoms with E-state index in [0.717, 1.165) is 0 Å². The van der Waals surface area contributed by atoms with Crippen LogP contribution in [0.15, 0.2) is 30.6 Å². The number of hydrogen-bond acceptors (Lipinski definition) is 5. The zero-order chi connectivity index (χ0) is 14.5. The second-order valence-corrected chi connectivity index (χ2v) is 3.93. The molecule has 0 aliphatic rings. The number of para-hydroxylation sites is 1. The molecule has 8 heteroatoms. The molecule has 0 atom stereocenters. The van der Waals surface area contributed by atoms with E-state index in [2.05, 4.69) is 20.8 Å². The molecule has 0 unspecified atom stereocenters. The van der Waals surface area contributed by atoms with E-state index in [-0.39, 0.29) is 16.9 Å². The number of carbonyl (C=O) groups excluding carboxylic acids is 1. The molecule has 0 saturated carbocycles. The topological polar surface area (TPSA) is 113 Å². The van der Waals surface area contributed by atoms with Gasteiger partial charge in [0.05, 0.1) is 22.4 Å². The first-order valence-corrected chi connectivity index (χ1v) is 5.95. The molecule has 104 valence electrons. The van der Waals surface area contributed by atoms with Gasteiger partial charge >= 0.3 is 0 Å². The van der Waals surface area contributed by atoms with Crippen molar-refractivity contribution in [2.75, 3.05) is 17.2 Å². The third-order valence-corrected chi connectivity index (χ3v) is 2.59. The van der Waals surface area contributed by atoms with Crippen molar-refractivity contribution in [1.29, 1.82) is 0 Å². The molecule has 8 nitrogen and oxygen atoms in total. The number of nitrogens with one attached hydrogen (secondary N) is 3. The second kappa shape index (κ2) is 5.83. The molecule has 0 bridgehead atoms. The molecule has 0 saturated heterocycles. The minimum atomic E-state index is -0.521. The fourth-order valence-electron chi connectivity index (χ4n) is 1.76. The molecular weight excluding hydrogens is 262 g/mol. The Morgan fingerprint density at radius 1 is 1.50 bits per heavy atom. The van der Waals surface area contributed by atoms with Crippen LogP contribution in [0.1, 0.15) is 17.3 Å². The van der Waals surface area contributed by atoms with Gasteiger partial charge in [-0.25, -0.2) is 0 Å². The summed E-state index contributed by atoms with van der Waals surface area (Å²) in [5.41, 5.74) is 0.777. The summed E-state index contributed by atoms with van der Waals surface area (Å²) >= 11 is 0. The van der Waals surface area contributed by atoms with E-state index in [1.807, 2.05) is 0 Å². The number of hydrogen-bond donors (Lipinski definition) is 3. The molecule has 1 amide bonds. The smallest absolute Gasteiger partial charge is 0.293 e. The Balaban J connectivity index is 2.37. The van der Waals surface area contributed by atoms with Gasteiger partial charge in [-0.1, -0.05) is 6.07 Å². The minimum absolute atomic E-state index is 0.133. The monoisotopic (exact) mass is 275 g/mol. The number of nitro groups is 1. The molecule has 0 aliphatic heterocycles. The van der Waals surface area contributed by atoms with Crippen molar-refractivity contribution in [2.45, 2.75) is 6.92 Å². The lowest BCUT2D eigenvalue weighted by molar-refractivity contribution is -0.384. The maximum atomic E-state index is 12.2. The molecule has 20 heavy (non-hydrogen) atoms. The largest absolute Gasteiger partial charge is 0.379 e. The number of nitrogens with zero attached hydrogens (tertiary/aromatic N) is 2. The Morgan fingerprint density at radius 3 is 2.90 bits per heavy atom. The zero-order valence-corrected chi connectivity index (χ0v) is 10.7. The van der Waals surface area contributed by atoms with E-state index in [1.54, 1.807) is 6.92 Å². The summed E-state index contributed by atoms with van der Waals surface area (Å²) < 4.78 is 0. The number of benzene rings is 1. The van der Waals surface area contributed by atoms with Crippen LogP contribution < -0.4 is 10.6 Å². The van der Waals surface area contributed by atoms with Crippen molar-refractivity contribution >= 4 is 23.0 Å². The van der Waals surface area contributed by atoms with Gasteiger partial charge in [-0.05, 0) is 13.0 Å². The Bertz CT molecular complexity index is 624. The molecule has 2 aromatic rings. The van der Waals surface area contributed by atoms with Crippen LogP contribution in [0.3, 0.4) is 0 Å². The second-order valence-electron chi connectivity index (χ2n) is 3.93. The molecule has 0 radical (unpaired) electrons. The SMILES string of the molecule is CCNc1c(C(=O)Nc2cn[nH]c2)cccc1[N+](=O)[O-]. The first-order chi connectivity index (χ1) is 9.63. The first kappa shape index (κ1) is 13.5. The predicted molar refractivity (Wildman–Crippen MR) is 73.8 cm³/mol. The number of nitro benzene ring substituents is 1. The number of H-pyrrole nitrogens is 1. The molecule has 0 fully saturated rings. The maximum absolute atomic E-state index is 12.2. The van der Waals surface area contributed by atoms with Gasteiger partial charge in [0.1, 0.15) is 5.69 Å². The fourth-order valence-corrected chi connectivity index (χ4v) is 1.76. The van der Waals surface area contributed by atoms with E-state index in [0.29, 0.717) is 12.2 Å². The van der Waals surface area contributed by atoms with Gasteiger partial charge in [0.2, 0.25) is 0 Å². The van der Waals surface area contributed by atoms with E-state index >= 15 is 0 Å². The molecule has 2 rings (SSSR count). The van der Waals surface area contributed by atoms with Gasteiger partial charge in [-0.2, -0.15) is 5.10 Å². The third kappa shape index (κ3) is 2.74.